The zero-order valence-corrected chi connectivity index (χ0v) is 22.5. The number of rotatable bonds is 10. The van der Waals surface area contributed by atoms with E-state index < -0.39 is 42.3 Å². The summed E-state index contributed by atoms with van der Waals surface area (Å²) < 4.78 is 10.9. The fourth-order valence-corrected chi connectivity index (χ4v) is 5.59. The number of hydrogen-bond donors (Lipinski definition) is 3. The smallest absolute Gasteiger partial charge is 0.407 e. The van der Waals surface area contributed by atoms with Gasteiger partial charge in [0, 0.05) is 12.0 Å². The quantitative estimate of drug-likeness (QED) is 0.316. The molecule has 3 aromatic rings. The van der Waals surface area contributed by atoms with Gasteiger partial charge in [0.1, 0.15) is 19.3 Å². The van der Waals surface area contributed by atoms with Gasteiger partial charge in [-0.1, -0.05) is 78.9 Å². The molecule has 0 bridgehead atoms. The van der Waals surface area contributed by atoms with Crippen LogP contribution in [0, 0.1) is 5.92 Å². The van der Waals surface area contributed by atoms with Crippen LogP contribution in [-0.2, 0) is 30.5 Å². The molecule has 1 fully saturated rings. The lowest BCUT2D eigenvalue weighted by atomic mass is 9.98. The van der Waals surface area contributed by atoms with Crippen LogP contribution in [0.4, 0.5) is 4.79 Å². The molecule has 2 aliphatic rings. The molecular formula is C32H32N2O7. The monoisotopic (exact) mass is 556 g/mol. The van der Waals surface area contributed by atoms with Crippen LogP contribution in [0.2, 0.25) is 0 Å². The summed E-state index contributed by atoms with van der Waals surface area (Å²) >= 11 is 0. The van der Waals surface area contributed by atoms with Gasteiger partial charge in [0.05, 0.1) is 12.3 Å². The average Bonchev–Trinajstić information content (AvgIpc) is 3.58. The zero-order chi connectivity index (χ0) is 28.8. The summed E-state index contributed by atoms with van der Waals surface area (Å²) in [5.74, 6) is -2.86. The largest absolute Gasteiger partial charge is 0.481 e. The van der Waals surface area contributed by atoms with Crippen LogP contribution in [0.1, 0.15) is 48.3 Å². The van der Waals surface area contributed by atoms with E-state index in [0.717, 1.165) is 27.8 Å². The number of carbonyl (C=O) groups is 4. The van der Waals surface area contributed by atoms with Crippen LogP contribution in [0.5, 0.6) is 0 Å². The summed E-state index contributed by atoms with van der Waals surface area (Å²) in [6, 6.07) is 23.4. The van der Waals surface area contributed by atoms with Crippen molar-refractivity contribution in [3.8, 4) is 11.1 Å². The van der Waals surface area contributed by atoms with Crippen LogP contribution >= 0.6 is 0 Å². The first kappa shape index (κ1) is 27.9. The number of ether oxygens (including phenoxy) is 2. The summed E-state index contributed by atoms with van der Waals surface area (Å²) in [5.41, 5.74) is 5.07. The summed E-state index contributed by atoms with van der Waals surface area (Å²) in [6.45, 7) is 0.0808. The molecule has 41 heavy (non-hydrogen) atoms. The van der Waals surface area contributed by atoms with E-state index in [9.17, 15) is 24.3 Å². The van der Waals surface area contributed by atoms with Crippen LogP contribution in [0.15, 0.2) is 78.9 Å². The molecule has 0 aliphatic heterocycles. The SMILES string of the molecule is O=C(C[C@H](NC(=O)OCC1c2ccccc2-c2ccccc21)C(=O)N[C@@H]1CC[C@H](C(=O)O)C1)OCc1ccccc1. The van der Waals surface area contributed by atoms with Crippen molar-refractivity contribution < 1.29 is 33.8 Å². The Morgan fingerprint density at radius 2 is 1.46 bits per heavy atom. The molecule has 212 valence electrons. The molecule has 2 aliphatic carbocycles. The third-order valence-corrected chi connectivity index (χ3v) is 7.69. The van der Waals surface area contributed by atoms with Crippen molar-refractivity contribution >= 4 is 23.9 Å². The Kier molecular flexibility index (Phi) is 8.62. The highest BCUT2D eigenvalue weighted by Crippen LogP contribution is 2.44. The molecule has 3 atom stereocenters. The molecule has 3 N–H and O–H groups in total. The first-order chi connectivity index (χ1) is 19.9. The Bertz CT molecular complexity index is 1380. The molecule has 9 heteroatoms. The van der Waals surface area contributed by atoms with Gasteiger partial charge < -0.3 is 25.2 Å². The number of hydrogen-bond acceptors (Lipinski definition) is 6. The first-order valence-corrected chi connectivity index (χ1v) is 13.7. The van der Waals surface area contributed by atoms with Crippen LogP contribution in [0.25, 0.3) is 11.1 Å². The van der Waals surface area contributed by atoms with E-state index in [-0.39, 0.29) is 31.6 Å². The molecular weight excluding hydrogens is 524 g/mol. The lowest BCUT2D eigenvalue weighted by Gasteiger charge is -2.21. The number of alkyl carbamates (subject to hydrolysis) is 1. The first-order valence-electron chi connectivity index (χ1n) is 13.7. The number of amides is 2. The zero-order valence-electron chi connectivity index (χ0n) is 22.5. The molecule has 0 heterocycles. The highest BCUT2D eigenvalue weighted by Gasteiger charge is 2.34. The average molecular weight is 557 g/mol. The minimum atomic E-state index is -1.25. The van der Waals surface area contributed by atoms with E-state index >= 15 is 0 Å². The second-order valence-electron chi connectivity index (χ2n) is 10.4. The molecule has 5 rings (SSSR count). The Labute approximate surface area is 237 Å². The molecule has 0 spiro atoms. The Hall–Kier alpha value is -4.66. The standard InChI is InChI=1S/C32H32N2O7/c35-29(40-18-20-8-2-1-3-9-20)17-28(30(36)33-22-15-14-21(16-22)31(37)38)34-32(39)41-19-27-25-12-6-4-10-23(25)24-11-5-7-13-26(24)27/h1-13,21-22,27-28H,14-19H2,(H,33,36)(H,34,39)(H,37,38)/t21-,22+,28-/m0/s1. The number of benzene rings is 3. The maximum absolute atomic E-state index is 13.2. The molecule has 1 saturated carbocycles. The lowest BCUT2D eigenvalue weighted by Crippen LogP contribution is -2.50. The summed E-state index contributed by atoms with van der Waals surface area (Å²) in [5, 5.41) is 14.6. The van der Waals surface area contributed by atoms with Crippen LogP contribution in [0.3, 0.4) is 0 Å². The molecule has 0 radical (unpaired) electrons. The second kappa shape index (κ2) is 12.7. The van der Waals surface area contributed by atoms with Gasteiger partial charge in [-0.05, 0) is 47.1 Å². The highest BCUT2D eigenvalue weighted by molar-refractivity contribution is 5.90. The number of nitrogens with one attached hydrogen (secondary N) is 2. The minimum Gasteiger partial charge on any atom is -0.481 e. The molecule has 0 saturated heterocycles. The number of aliphatic carboxylic acids is 1. The number of fused-ring (bicyclic) bond motifs is 3. The molecule has 2 amide bonds. The predicted octanol–water partition coefficient (Wildman–Crippen LogP) is 4.40. The van der Waals surface area contributed by atoms with Gasteiger partial charge in [-0.2, -0.15) is 0 Å². The van der Waals surface area contributed by atoms with Crippen molar-refractivity contribution in [2.24, 2.45) is 5.92 Å². The summed E-state index contributed by atoms with van der Waals surface area (Å²) in [6.07, 6.45) is -0.00428. The third kappa shape index (κ3) is 6.74. The van der Waals surface area contributed by atoms with Gasteiger partial charge >= 0.3 is 18.0 Å². The lowest BCUT2D eigenvalue weighted by molar-refractivity contribution is -0.147. The molecule has 0 unspecified atom stereocenters. The third-order valence-electron chi connectivity index (χ3n) is 7.69. The Morgan fingerprint density at radius 1 is 0.829 bits per heavy atom. The van der Waals surface area contributed by atoms with Crippen molar-refractivity contribution in [1.29, 1.82) is 0 Å². The van der Waals surface area contributed by atoms with Gasteiger partial charge in [0.2, 0.25) is 5.91 Å². The van der Waals surface area contributed by atoms with Crippen molar-refractivity contribution in [3.63, 3.8) is 0 Å². The van der Waals surface area contributed by atoms with Crippen molar-refractivity contribution in [2.75, 3.05) is 6.61 Å². The van der Waals surface area contributed by atoms with Crippen LogP contribution in [-0.4, -0.2) is 47.7 Å². The van der Waals surface area contributed by atoms with E-state index in [1.54, 1.807) is 0 Å². The topological polar surface area (TPSA) is 131 Å². The summed E-state index contributed by atoms with van der Waals surface area (Å²) in [7, 11) is 0. The maximum atomic E-state index is 13.2. The van der Waals surface area contributed by atoms with E-state index in [4.69, 9.17) is 9.47 Å². The summed E-state index contributed by atoms with van der Waals surface area (Å²) in [4.78, 5) is 50.1. The predicted molar refractivity (Wildman–Crippen MR) is 150 cm³/mol. The van der Waals surface area contributed by atoms with Crippen molar-refractivity contribution in [1.82, 2.24) is 10.6 Å². The fourth-order valence-electron chi connectivity index (χ4n) is 5.59. The Morgan fingerprint density at radius 3 is 2.10 bits per heavy atom. The van der Waals surface area contributed by atoms with Crippen molar-refractivity contribution in [2.45, 2.75) is 50.3 Å². The molecule has 3 aromatic carbocycles. The number of carboxylic acids is 1. The normalized spacial score (nSPS) is 18.0. The van der Waals surface area contributed by atoms with Gasteiger partial charge in [0.15, 0.2) is 0 Å². The molecule has 0 aromatic heterocycles. The number of carbonyl (C=O) groups excluding carboxylic acids is 3. The van der Waals surface area contributed by atoms with Crippen molar-refractivity contribution in [3.05, 3.63) is 95.6 Å². The van der Waals surface area contributed by atoms with E-state index in [2.05, 4.69) is 10.6 Å². The number of carboxylic acid groups (broad SMARTS) is 1. The van der Waals surface area contributed by atoms with Gasteiger partial charge in [-0.25, -0.2) is 4.79 Å². The Balaban J connectivity index is 1.23. The van der Waals surface area contributed by atoms with Gasteiger partial charge in [-0.15, -0.1) is 0 Å². The molecule has 9 nitrogen and oxygen atoms in total. The van der Waals surface area contributed by atoms with E-state index in [0.29, 0.717) is 12.8 Å². The van der Waals surface area contributed by atoms with Gasteiger partial charge in [-0.3, -0.25) is 14.4 Å². The highest BCUT2D eigenvalue weighted by atomic mass is 16.5. The number of esters is 1. The second-order valence-corrected chi connectivity index (χ2v) is 10.4. The maximum Gasteiger partial charge on any atom is 0.407 e. The van der Waals surface area contributed by atoms with Crippen LogP contribution < -0.4 is 10.6 Å². The van der Waals surface area contributed by atoms with E-state index in [1.165, 1.54) is 0 Å². The fraction of sp³-hybridized carbons (Fsp3) is 0.312. The minimum absolute atomic E-state index is 0.0296. The van der Waals surface area contributed by atoms with Gasteiger partial charge in [0.25, 0.3) is 0 Å². The van der Waals surface area contributed by atoms with E-state index in [1.807, 2.05) is 78.9 Å².